The lowest BCUT2D eigenvalue weighted by atomic mass is 10.2. The molecule has 2 N–H and O–H groups in total. The molecule has 132 valence electrons. The molecule has 0 fully saturated rings. The van der Waals surface area contributed by atoms with Gasteiger partial charge in [0.2, 0.25) is 10.9 Å². The predicted molar refractivity (Wildman–Crippen MR) is 94.3 cm³/mol. The van der Waals surface area contributed by atoms with Crippen LogP contribution in [0.2, 0.25) is 0 Å². The normalized spacial score (nSPS) is 15.7. The number of rotatable bonds is 5. The van der Waals surface area contributed by atoms with Gasteiger partial charge in [-0.2, -0.15) is 10.2 Å². The summed E-state index contributed by atoms with van der Waals surface area (Å²) in [6, 6.07) is 1.97. The summed E-state index contributed by atoms with van der Waals surface area (Å²) >= 11 is 1.48. The third-order valence-corrected chi connectivity index (χ3v) is 5.07. The zero-order chi connectivity index (χ0) is 17.2. The van der Waals surface area contributed by atoms with Crippen molar-refractivity contribution in [2.24, 2.45) is 0 Å². The second kappa shape index (κ2) is 6.93. The molecule has 4 heterocycles. The van der Waals surface area contributed by atoms with Crippen LogP contribution in [0.25, 0.3) is 4.96 Å². The van der Waals surface area contributed by atoms with Crippen LogP contribution in [0.15, 0.2) is 17.8 Å². The fraction of sp³-hybridized carbons (Fsp3) is 0.500. The largest absolute Gasteiger partial charge is 0.348 e. The lowest BCUT2D eigenvalue weighted by Gasteiger charge is -2.10. The highest BCUT2D eigenvalue weighted by atomic mass is 32.1. The van der Waals surface area contributed by atoms with E-state index < -0.39 is 0 Å². The third kappa shape index (κ3) is 3.57. The van der Waals surface area contributed by atoms with E-state index in [-0.39, 0.29) is 11.9 Å². The number of fused-ring (bicyclic) bond motifs is 2. The van der Waals surface area contributed by atoms with E-state index in [9.17, 15) is 4.79 Å². The average Bonchev–Trinajstić information content (AvgIpc) is 3.24. The molecule has 0 aliphatic carbocycles. The molecule has 4 rings (SSSR count). The number of imidazole rings is 1. The van der Waals surface area contributed by atoms with E-state index in [1.165, 1.54) is 17.0 Å². The summed E-state index contributed by atoms with van der Waals surface area (Å²) in [7, 11) is 0. The molecule has 3 aromatic rings. The molecular formula is C16H21N7OS. The molecule has 0 saturated heterocycles. The summed E-state index contributed by atoms with van der Waals surface area (Å²) in [4.78, 5) is 17.6. The van der Waals surface area contributed by atoms with Crippen molar-refractivity contribution in [3.05, 3.63) is 34.9 Å². The Labute approximate surface area is 149 Å². The SMILES string of the molecule is C[C@H](NC(=O)CCc1cc2n(n1)CCCNC2)c1cn2ncsc2n1. The Bertz CT molecular complexity index is 828. The number of hydrogen-bond donors (Lipinski definition) is 2. The fourth-order valence-corrected chi connectivity index (χ4v) is 3.65. The van der Waals surface area contributed by atoms with Gasteiger partial charge in [0.05, 0.1) is 29.3 Å². The first-order valence-corrected chi connectivity index (χ1v) is 9.41. The first-order chi connectivity index (χ1) is 12.2. The molecule has 0 radical (unpaired) electrons. The number of aromatic nitrogens is 5. The first-order valence-electron chi connectivity index (χ1n) is 8.53. The van der Waals surface area contributed by atoms with Crippen molar-refractivity contribution in [3.63, 3.8) is 0 Å². The lowest BCUT2D eigenvalue weighted by Crippen LogP contribution is -2.27. The van der Waals surface area contributed by atoms with Crippen LogP contribution < -0.4 is 10.6 Å². The molecule has 0 aromatic carbocycles. The van der Waals surface area contributed by atoms with Crippen LogP contribution in [0, 0.1) is 0 Å². The van der Waals surface area contributed by atoms with Crippen molar-refractivity contribution in [2.45, 2.75) is 45.3 Å². The van der Waals surface area contributed by atoms with Gasteiger partial charge in [-0.3, -0.25) is 9.48 Å². The van der Waals surface area contributed by atoms with Gasteiger partial charge in [0, 0.05) is 25.9 Å². The van der Waals surface area contributed by atoms with Gasteiger partial charge in [-0.1, -0.05) is 11.3 Å². The van der Waals surface area contributed by atoms with E-state index in [1.807, 2.05) is 13.1 Å². The molecule has 1 atom stereocenters. The number of carbonyl (C=O) groups excluding carboxylic acids is 1. The van der Waals surface area contributed by atoms with Crippen molar-refractivity contribution in [2.75, 3.05) is 6.54 Å². The molecule has 8 nitrogen and oxygen atoms in total. The van der Waals surface area contributed by atoms with Gasteiger partial charge in [0.25, 0.3) is 0 Å². The Hall–Kier alpha value is -2.26. The standard InChI is InChI=1S/C16H21N7OS/c1-11(14-9-23-16(20-14)25-10-18-23)19-15(24)4-3-12-7-13-8-17-5-2-6-22(13)21-12/h7,9-11,17H,2-6,8H2,1H3,(H,19,24)/t11-/m0/s1. The van der Waals surface area contributed by atoms with E-state index >= 15 is 0 Å². The molecule has 1 aliphatic rings. The van der Waals surface area contributed by atoms with E-state index in [2.05, 4.69) is 36.6 Å². The van der Waals surface area contributed by atoms with Crippen molar-refractivity contribution < 1.29 is 4.79 Å². The zero-order valence-electron chi connectivity index (χ0n) is 14.1. The van der Waals surface area contributed by atoms with Crippen molar-refractivity contribution in [1.29, 1.82) is 0 Å². The van der Waals surface area contributed by atoms with Crippen LogP contribution in [0.3, 0.4) is 0 Å². The Morgan fingerprint density at radius 1 is 1.52 bits per heavy atom. The summed E-state index contributed by atoms with van der Waals surface area (Å²) in [5.74, 6) is 0.0122. The maximum Gasteiger partial charge on any atom is 0.220 e. The number of aryl methyl sites for hydroxylation is 2. The second-order valence-corrected chi connectivity index (χ2v) is 7.11. The number of nitrogens with zero attached hydrogens (tertiary/aromatic N) is 5. The summed E-state index contributed by atoms with van der Waals surface area (Å²) < 4.78 is 3.79. The maximum absolute atomic E-state index is 12.2. The minimum Gasteiger partial charge on any atom is -0.348 e. The molecule has 3 aromatic heterocycles. The highest BCUT2D eigenvalue weighted by Crippen LogP contribution is 2.15. The summed E-state index contributed by atoms with van der Waals surface area (Å²) in [6.07, 6.45) is 4.02. The van der Waals surface area contributed by atoms with Gasteiger partial charge in [0.1, 0.15) is 5.51 Å². The van der Waals surface area contributed by atoms with E-state index in [0.29, 0.717) is 12.8 Å². The smallest absolute Gasteiger partial charge is 0.220 e. The highest BCUT2D eigenvalue weighted by molar-refractivity contribution is 7.14. The summed E-state index contributed by atoms with van der Waals surface area (Å²) in [5.41, 5.74) is 4.75. The Kier molecular flexibility index (Phi) is 4.50. The van der Waals surface area contributed by atoms with Crippen LogP contribution in [-0.4, -0.2) is 36.8 Å². The predicted octanol–water partition coefficient (Wildman–Crippen LogP) is 1.29. The zero-order valence-corrected chi connectivity index (χ0v) is 14.9. The van der Waals surface area contributed by atoms with Crippen LogP contribution in [0.4, 0.5) is 0 Å². The molecule has 1 amide bonds. The van der Waals surface area contributed by atoms with Gasteiger partial charge < -0.3 is 10.6 Å². The van der Waals surface area contributed by atoms with Crippen LogP contribution in [-0.2, 0) is 24.3 Å². The van der Waals surface area contributed by atoms with E-state index in [4.69, 9.17) is 0 Å². The monoisotopic (exact) mass is 359 g/mol. The molecule has 9 heteroatoms. The number of amides is 1. The molecule has 0 bridgehead atoms. The number of carbonyl (C=O) groups is 1. The maximum atomic E-state index is 12.2. The quantitative estimate of drug-likeness (QED) is 0.717. The fourth-order valence-electron chi connectivity index (χ4n) is 3.04. The van der Waals surface area contributed by atoms with Crippen LogP contribution in [0.1, 0.15) is 42.9 Å². The molecule has 0 unspecified atom stereocenters. The minimum atomic E-state index is -0.135. The Morgan fingerprint density at radius 2 is 2.44 bits per heavy atom. The van der Waals surface area contributed by atoms with Crippen molar-refractivity contribution in [1.82, 2.24) is 35.0 Å². The van der Waals surface area contributed by atoms with Gasteiger partial charge in [-0.25, -0.2) is 9.50 Å². The van der Waals surface area contributed by atoms with Gasteiger partial charge in [-0.15, -0.1) is 0 Å². The van der Waals surface area contributed by atoms with Gasteiger partial charge in [-0.05, 0) is 26.0 Å². The molecular weight excluding hydrogens is 338 g/mol. The van der Waals surface area contributed by atoms with Crippen molar-refractivity contribution in [3.8, 4) is 0 Å². The third-order valence-electron chi connectivity index (χ3n) is 4.38. The van der Waals surface area contributed by atoms with E-state index in [0.717, 1.165) is 42.4 Å². The number of nitrogens with one attached hydrogen (secondary N) is 2. The molecule has 1 aliphatic heterocycles. The minimum absolute atomic E-state index is 0.0122. The number of hydrogen-bond acceptors (Lipinski definition) is 6. The van der Waals surface area contributed by atoms with Gasteiger partial charge in [0.15, 0.2) is 0 Å². The van der Waals surface area contributed by atoms with Crippen LogP contribution >= 0.6 is 11.3 Å². The molecule has 0 saturated carbocycles. The highest BCUT2D eigenvalue weighted by Gasteiger charge is 2.15. The Morgan fingerprint density at radius 3 is 3.32 bits per heavy atom. The van der Waals surface area contributed by atoms with Crippen molar-refractivity contribution >= 4 is 22.2 Å². The first kappa shape index (κ1) is 16.2. The lowest BCUT2D eigenvalue weighted by molar-refractivity contribution is -0.121. The summed E-state index contributed by atoms with van der Waals surface area (Å²) in [6.45, 7) is 4.76. The Balaban J connectivity index is 1.32. The molecule has 0 spiro atoms. The average molecular weight is 359 g/mol. The summed E-state index contributed by atoms with van der Waals surface area (Å²) in [5, 5.41) is 15.2. The second-order valence-electron chi connectivity index (χ2n) is 6.30. The van der Waals surface area contributed by atoms with Gasteiger partial charge >= 0.3 is 0 Å². The van der Waals surface area contributed by atoms with Crippen LogP contribution in [0.5, 0.6) is 0 Å². The van der Waals surface area contributed by atoms with E-state index in [1.54, 1.807) is 10.0 Å². The molecule has 25 heavy (non-hydrogen) atoms. The topological polar surface area (TPSA) is 89.1 Å².